The van der Waals surface area contributed by atoms with Crippen LogP contribution < -0.4 is 20.3 Å². The van der Waals surface area contributed by atoms with Crippen molar-refractivity contribution in [3.63, 3.8) is 0 Å². The van der Waals surface area contributed by atoms with Crippen molar-refractivity contribution in [3.8, 4) is 5.75 Å². The van der Waals surface area contributed by atoms with Crippen LogP contribution in [0.2, 0.25) is 0 Å². The van der Waals surface area contributed by atoms with E-state index in [4.69, 9.17) is 4.74 Å². The zero-order chi connectivity index (χ0) is 16.8. The van der Waals surface area contributed by atoms with Gasteiger partial charge in [-0.1, -0.05) is 6.07 Å². The van der Waals surface area contributed by atoms with Crippen molar-refractivity contribution in [3.05, 3.63) is 24.3 Å². The molecule has 0 spiro atoms. The summed E-state index contributed by atoms with van der Waals surface area (Å²) in [6, 6.07) is 6.93. The molecule has 1 fully saturated rings. The first-order chi connectivity index (χ1) is 11.0. The molecule has 1 saturated heterocycles. The molecule has 1 aromatic rings. The van der Waals surface area contributed by atoms with Crippen molar-refractivity contribution in [2.24, 2.45) is 0 Å². The van der Waals surface area contributed by atoms with E-state index < -0.39 is 0 Å². The summed E-state index contributed by atoms with van der Waals surface area (Å²) >= 11 is 0. The molecule has 1 aliphatic rings. The van der Waals surface area contributed by atoms with Gasteiger partial charge in [0.1, 0.15) is 5.75 Å². The zero-order valence-electron chi connectivity index (χ0n) is 13.8. The van der Waals surface area contributed by atoms with Gasteiger partial charge in [-0.3, -0.25) is 4.79 Å². The molecule has 7 nitrogen and oxygen atoms in total. The molecule has 1 heterocycles. The number of carbonyl (C=O) groups is 2. The van der Waals surface area contributed by atoms with E-state index in [-0.39, 0.29) is 18.0 Å². The van der Waals surface area contributed by atoms with E-state index in [0.717, 1.165) is 12.2 Å². The van der Waals surface area contributed by atoms with E-state index in [1.54, 1.807) is 12.0 Å². The minimum Gasteiger partial charge on any atom is -0.497 e. The van der Waals surface area contributed by atoms with Gasteiger partial charge in [0.25, 0.3) is 0 Å². The first-order valence-electron chi connectivity index (χ1n) is 7.63. The Morgan fingerprint density at radius 1 is 1.43 bits per heavy atom. The Bertz CT molecular complexity index is 562. The van der Waals surface area contributed by atoms with Crippen molar-refractivity contribution >= 4 is 17.6 Å². The molecule has 0 aliphatic carbocycles. The van der Waals surface area contributed by atoms with Crippen molar-refractivity contribution in [2.75, 3.05) is 45.7 Å². The minimum atomic E-state index is -0.239. The van der Waals surface area contributed by atoms with Crippen LogP contribution in [0.4, 0.5) is 10.5 Å². The lowest BCUT2D eigenvalue weighted by Crippen LogP contribution is -2.45. The van der Waals surface area contributed by atoms with Crippen LogP contribution in [-0.4, -0.2) is 63.7 Å². The molecular weight excluding hydrogens is 296 g/mol. The lowest BCUT2D eigenvalue weighted by molar-refractivity contribution is -0.117. The van der Waals surface area contributed by atoms with Gasteiger partial charge in [0, 0.05) is 37.8 Å². The van der Waals surface area contributed by atoms with Crippen molar-refractivity contribution in [1.82, 2.24) is 15.5 Å². The van der Waals surface area contributed by atoms with E-state index in [2.05, 4.69) is 10.6 Å². The van der Waals surface area contributed by atoms with Gasteiger partial charge in [-0.15, -0.1) is 0 Å². The lowest BCUT2D eigenvalue weighted by atomic mass is 10.2. The Morgan fingerprint density at radius 2 is 2.22 bits per heavy atom. The van der Waals surface area contributed by atoms with Gasteiger partial charge in [-0.2, -0.15) is 0 Å². The zero-order valence-corrected chi connectivity index (χ0v) is 13.8. The molecule has 0 saturated carbocycles. The third kappa shape index (κ3) is 4.85. The van der Waals surface area contributed by atoms with Crippen LogP contribution in [0.15, 0.2) is 24.3 Å². The normalized spacial score (nSPS) is 17.5. The lowest BCUT2D eigenvalue weighted by Gasteiger charge is -2.18. The van der Waals surface area contributed by atoms with Crippen molar-refractivity contribution in [1.29, 1.82) is 0 Å². The highest BCUT2D eigenvalue weighted by Crippen LogP contribution is 2.25. The van der Waals surface area contributed by atoms with Gasteiger partial charge in [0.05, 0.1) is 13.2 Å². The fourth-order valence-electron chi connectivity index (χ4n) is 2.46. The number of nitrogens with zero attached hydrogens (tertiary/aromatic N) is 2. The van der Waals surface area contributed by atoms with Gasteiger partial charge in [-0.05, 0) is 26.2 Å². The van der Waals surface area contributed by atoms with Gasteiger partial charge in [0.15, 0.2) is 0 Å². The van der Waals surface area contributed by atoms with Crippen LogP contribution >= 0.6 is 0 Å². The third-order valence-electron chi connectivity index (χ3n) is 3.67. The Morgan fingerprint density at radius 3 is 2.91 bits per heavy atom. The Balaban J connectivity index is 1.88. The maximum Gasteiger partial charge on any atom is 0.315 e. The number of methoxy groups -OCH3 is 1. The number of anilines is 1. The van der Waals surface area contributed by atoms with Gasteiger partial charge < -0.3 is 25.2 Å². The maximum absolute atomic E-state index is 12.2. The summed E-state index contributed by atoms with van der Waals surface area (Å²) in [6.45, 7) is 1.80. The number of rotatable bonds is 6. The minimum absolute atomic E-state index is 0.00292. The first kappa shape index (κ1) is 17.1. The van der Waals surface area contributed by atoms with Crippen LogP contribution in [0.5, 0.6) is 5.75 Å². The predicted molar refractivity (Wildman–Crippen MR) is 88.8 cm³/mol. The Kier molecular flexibility index (Phi) is 5.81. The van der Waals surface area contributed by atoms with E-state index in [1.165, 1.54) is 0 Å². The monoisotopic (exact) mass is 320 g/mol. The second-order valence-electron chi connectivity index (χ2n) is 5.81. The molecule has 2 N–H and O–H groups in total. The highest BCUT2D eigenvalue weighted by atomic mass is 16.5. The molecule has 0 bridgehead atoms. The molecule has 7 heteroatoms. The summed E-state index contributed by atoms with van der Waals surface area (Å²) in [6.07, 6.45) is 0.304. The number of hydrogen-bond acceptors (Lipinski definition) is 4. The van der Waals surface area contributed by atoms with Crippen LogP contribution in [0.1, 0.15) is 6.42 Å². The number of urea groups is 1. The Labute approximate surface area is 136 Å². The quantitative estimate of drug-likeness (QED) is 0.808. The van der Waals surface area contributed by atoms with Crippen LogP contribution in [0, 0.1) is 0 Å². The largest absolute Gasteiger partial charge is 0.497 e. The van der Waals surface area contributed by atoms with Gasteiger partial charge in [-0.25, -0.2) is 4.79 Å². The molecule has 2 rings (SSSR count). The fraction of sp³-hybridized carbons (Fsp3) is 0.500. The van der Waals surface area contributed by atoms with Gasteiger partial charge in [0.2, 0.25) is 5.91 Å². The van der Waals surface area contributed by atoms with Crippen LogP contribution in [0.3, 0.4) is 0 Å². The summed E-state index contributed by atoms with van der Waals surface area (Å²) in [7, 11) is 5.48. The molecule has 23 heavy (non-hydrogen) atoms. The molecule has 1 atom stereocenters. The number of amides is 3. The molecular formula is C16H24N4O3. The molecule has 1 aromatic carbocycles. The Hall–Kier alpha value is -2.28. The SMILES string of the molecule is COc1cccc(N2C[C@@H](NC(=O)NCCN(C)C)CC2=O)c1. The fourth-order valence-corrected chi connectivity index (χ4v) is 2.46. The average molecular weight is 320 g/mol. The summed E-state index contributed by atoms with van der Waals surface area (Å²) < 4.78 is 5.18. The summed E-state index contributed by atoms with van der Waals surface area (Å²) in [5, 5.41) is 5.64. The number of hydrogen-bond donors (Lipinski definition) is 2. The van der Waals surface area contributed by atoms with E-state index >= 15 is 0 Å². The van der Waals surface area contributed by atoms with Gasteiger partial charge >= 0.3 is 6.03 Å². The third-order valence-corrected chi connectivity index (χ3v) is 3.67. The number of benzene rings is 1. The van der Waals surface area contributed by atoms with Crippen molar-refractivity contribution in [2.45, 2.75) is 12.5 Å². The summed E-state index contributed by atoms with van der Waals surface area (Å²) in [5.74, 6) is 0.699. The molecule has 0 radical (unpaired) electrons. The van der Waals surface area contributed by atoms with Crippen LogP contribution in [0.25, 0.3) is 0 Å². The van der Waals surface area contributed by atoms with Crippen molar-refractivity contribution < 1.29 is 14.3 Å². The maximum atomic E-state index is 12.2. The molecule has 0 unspecified atom stereocenters. The molecule has 3 amide bonds. The topological polar surface area (TPSA) is 73.9 Å². The van der Waals surface area contributed by atoms with E-state index in [1.807, 2.05) is 43.3 Å². The number of nitrogens with one attached hydrogen (secondary N) is 2. The predicted octanol–water partition coefficient (Wildman–Crippen LogP) is 0.661. The molecule has 1 aliphatic heterocycles. The van der Waals surface area contributed by atoms with Crippen LogP contribution in [-0.2, 0) is 4.79 Å². The number of carbonyl (C=O) groups excluding carboxylic acids is 2. The highest BCUT2D eigenvalue weighted by Gasteiger charge is 2.31. The number of likely N-dealkylation sites (N-methyl/N-ethyl adjacent to an activating group) is 1. The smallest absolute Gasteiger partial charge is 0.315 e. The summed E-state index contributed by atoms with van der Waals surface area (Å²) in [4.78, 5) is 27.7. The molecule has 126 valence electrons. The van der Waals surface area contributed by atoms with E-state index in [0.29, 0.717) is 25.3 Å². The molecule has 0 aromatic heterocycles. The second-order valence-corrected chi connectivity index (χ2v) is 5.81. The number of ether oxygens (including phenoxy) is 1. The summed E-state index contributed by atoms with van der Waals surface area (Å²) in [5.41, 5.74) is 0.784. The standard InChI is InChI=1S/C16H24N4O3/c1-19(2)8-7-17-16(22)18-12-9-15(21)20(11-12)13-5-4-6-14(10-13)23-3/h4-6,10,12H,7-9,11H2,1-3H3,(H2,17,18,22)/t12-/m0/s1. The van der Waals surface area contributed by atoms with E-state index in [9.17, 15) is 9.59 Å². The first-order valence-corrected chi connectivity index (χ1v) is 7.63. The average Bonchev–Trinajstić information content (AvgIpc) is 2.87. The second kappa shape index (κ2) is 7.82. The highest BCUT2D eigenvalue weighted by molar-refractivity contribution is 5.97.